The highest BCUT2D eigenvalue weighted by Gasteiger charge is 2.42. The van der Waals surface area contributed by atoms with Crippen LogP contribution in [0.15, 0.2) is 35.2 Å². The van der Waals surface area contributed by atoms with E-state index in [4.69, 9.17) is 4.74 Å². The van der Waals surface area contributed by atoms with Gasteiger partial charge in [0.05, 0.1) is 12.1 Å². The van der Waals surface area contributed by atoms with Gasteiger partial charge in [-0.2, -0.15) is 4.31 Å². The van der Waals surface area contributed by atoms with E-state index < -0.39 is 49.4 Å². The monoisotopic (exact) mass is 442 g/mol. The molecule has 1 atom stereocenters. The number of aryl methyl sites for hydroxylation is 1. The van der Waals surface area contributed by atoms with Crippen molar-refractivity contribution in [2.75, 3.05) is 25.6 Å². The van der Waals surface area contributed by atoms with E-state index in [0.717, 1.165) is 22.5 Å². The van der Waals surface area contributed by atoms with Crippen molar-refractivity contribution in [3.05, 3.63) is 58.9 Å². The molecule has 162 valence electrons. The van der Waals surface area contributed by atoms with Crippen molar-refractivity contribution < 1.29 is 31.1 Å². The zero-order chi connectivity index (χ0) is 22.3. The van der Waals surface area contributed by atoms with Crippen LogP contribution in [0.3, 0.4) is 0 Å². The average molecular weight is 442 g/mol. The third kappa shape index (κ3) is 3.94. The lowest BCUT2D eigenvalue weighted by Crippen LogP contribution is -2.48. The van der Waals surface area contributed by atoms with Gasteiger partial charge in [0, 0.05) is 19.3 Å². The van der Waals surface area contributed by atoms with E-state index in [1.54, 1.807) is 6.92 Å². The molecule has 1 aliphatic heterocycles. The second-order valence-corrected chi connectivity index (χ2v) is 9.36. The molecule has 3 rings (SSSR count). The summed E-state index contributed by atoms with van der Waals surface area (Å²) in [6.45, 7) is 3.60. The van der Waals surface area contributed by atoms with Crippen LogP contribution in [0.1, 0.15) is 29.3 Å². The molecule has 1 aliphatic rings. The van der Waals surface area contributed by atoms with Crippen molar-refractivity contribution in [1.29, 1.82) is 0 Å². The quantitative estimate of drug-likeness (QED) is 0.770. The van der Waals surface area contributed by atoms with Crippen LogP contribution < -0.4 is 5.32 Å². The van der Waals surface area contributed by atoms with Crippen LogP contribution in [0.5, 0.6) is 0 Å². The molecule has 1 N–H and O–H groups in total. The first kappa shape index (κ1) is 22.3. The first-order chi connectivity index (χ1) is 14.0. The Morgan fingerprint density at radius 3 is 2.43 bits per heavy atom. The molecule has 0 saturated carbocycles. The Bertz CT molecular complexity index is 1100. The lowest BCUT2D eigenvalue weighted by Gasteiger charge is -2.33. The third-order valence-corrected chi connectivity index (χ3v) is 7.33. The summed E-state index contributed by atoms with van der Waals surface area (Å²) < 4.78 is 75.0. The Kier molecular flexibility index (Phi) is 5.94. The topological polar surface area (TPSA) is 75.7 Å². The van der Waals surface area contributed by atoms with E-state index in [1.807, 2.05) is 0 Å². The lowest BCUT2D eigenvalue weighted by atomic mass is 10.0. The highest BCUT2D eigenvalue weighted by atomic mass is 32.2. The number of carbonyl (C=O) groups excluding carboxylic acids is 1. The van der Waals surface area contributed by atoms with Gasteiger partial charge in [0.1, 0.15) is 22.1 Å². The van der Waals surface area contributed by atoms with Crippen molar-refractivity contribution in [3.8, 4) is 0 Å². The second kappa shape index (κ2) is 8.01. The maximum atomic E-state index is 15.1. The molecule has 2 aromatic carbocycles. The van der Waals surface area contributed by atoms with Crippen LogP contribution in [-0.2, 0) is 14.8 Å². The summed E-state index contributed by atoms with van der Waals surface area (Å²) in [6, 6.07) is 5.12. The molecule has 0 spiro atoms. The number of hydrogen-bond acceptors (Lipinski definition) is 4. The maximum absolute atomic E-state index is 15.1. The molecular weight excluding hydrogens is 421 g/mol. The average Bonchev–Trinajstić information content (AvgIpc) is 3.11. The van der Waals surface area contributed by atoms with Crippen LogP contribution in [-0.4, -0.2) is 44.4 Å². The van der Waals surface area contributed by atoms with Crippen LogP contribution in [0.2, 0.25) is 0 Å². The SMILES string of the molecule is Cc1cc(NC(=O)c2c(F)ccc(S(=O)(=O)N(C)C3(C)CCOC3)c2F)ccc1F. The van der Waals surface area contributed by atoms with Gasteiger partial charge in [-0.15, -0.1) is 0 Å². The Morgan fingerprint density at radius 2 is 1.83 bits per heavy atom. The number of likely N-dealkylation sites (N-methyl/N-ethyl adjacent to an activating group) is 1. The number of anilines is 1. The summed E-state index contributed by atoms with van der Waals surface area (Å²) in [7, 11) is -3.10. The number of hydrogen-bond donors (Lipinski definition) is 1. The fourth-order valence-corrected chi connectivity index (χ4v) is 4.79. The Morgan fingerprint density at radius 1 is 1.17 bits per heavy atom. The van der Waals surface area contributed by atoms with Crippen molar-refractivity contribution in [1.82, 2.24) is 4.31 Å². The molecule has 1 saturated heterocycles. The number of halogens is 3. The van der Waals surface area contributed by atoms with E-state index in [0.29, 0.717) is 13.0 Å². The highest BCUT2D eigenvalue weighted by Crippen LogP contribution is 2.32. The summed E-state index contributed by atoms with van der Waals surface area (Å²) in [4.78, 5) is 11.7. The summed E-state index contributed by atoms with van der Waals surface area (Å²) in [5, 5.41) is 2.26. The van der Waals surface area contributed by atoms with E-state index in [1.165, 1.54) is 26.1 Å². The Hall–Kier alpha value is -2.43. The molecule has 2 aromatic rings. The molecule has 1 unspecified atom stereocenters. The van der Waals surface area contributed by atoms with Crippen LogP contribution in [0, 0.1) is 24.4 Å². The smallest absolute Gasteiger partial charge is 0.261 e. The molecule has 10 heteroatoms. The Balaban J connectivity index is 1.98. The predicted molar refractivity (Wildman–Crippen MR) is 104 cm³/mol. The molecule has 0 bridgehead atoms. The van der Waals surface area contributed by atoms with E-state index in [2.05, 4.69) is 5.32 Å². The largest absolute Gasteiger partial charge is 0.379 e. The van der Waals surface area contributed by atoms with Gasteiger partial charge < -0.3 is 10.1 Å². The predicted octanol–water partition coefficient (Wildman–Crippen LogP) is 3.46. The summed E-state index contributed by atoms with van der Waals surface area (Å²) >= 11 is 0. The first-order valence-electron chi connectivity index (χ1n) is 9.10. The van der Waals surface area contributed by atoms with Gasteiger partial charge in [0.25, 0.3) is 5.91 Å². The summed E-state index contributed by atoms with van der Waals surface area (Å²) in [6.07, 6.45) is 0.406. The van der Waals surface area contributed by atoms with Gasteiger partial charge in [0.2, 0.25) is 10.0 Å². The van der Waals surface area contributed by atoms with E-state index in [9.17, 15) is 22.0 Å². The van der Waals surface area contributed by atoms with Gasteiger partial charge in [-0.1, -0.05) is 0 Å². The standard InChI is InChI=1S/C20H21F3N2O4S/c1-12-10-13(4-5-14(12)21)24-19(26)17-15(22)6-7-16(18(17)23)30(27,28)25(3)20(2)8-9-29-11-20/h4-7,10H,8-9,11H2,1-3H3,(H,24,26). The van der Waals surface area contributed by atoms with Gasteiger partial charge in [0.15, 0.2) is 5.82 Å². The molecule has 0 radical (unpaired) electrons. The highest BCUT2D eigenvalue weighted by molar-refractivity contribution is 7.89. The van der Waals surface area contributed by atoms with Crippen molar-refractivity contribution in [2.45, 2.75) is 30.7 Å². The minimum absolute atomic E-state index is 0.110. The number of sulfonamides is 1. The zero-order valence-electron chi connectivity index (χ0n) is 16.6. The van der Waals surface area contributed by atoms with Crippen molar-refractivity contribution >= 4 is 21.6 Å². The minimum atomic E-state index is -4.39. The molecule has 6 nitrogen and oxygen atoms in total. The number of amides is 1. The molecule has 30 heavy (non-hydrogen) atoms. The number of nitrogens with one attached hydrogen (secondary N) is 1. The molecule has 1 heterocycles. The molecule has 0 aliphatic carbocycles. The van der Waals surface area contributed by atoms with Gasteiger partial charge in [-0.25, -0.2) is 21.6 Å². The summed E-state index contributed by atoms with van der Waals surface area (Å²) in [5.74, 6) is -4.42. The van der Waals surface area contributed by atoms with E-state index >= 15 is 4.39 Å². The number of benzene rings is 2. The summed E-state index contributed by atoms with van der Waals surface area (Å²) in [5.41, 5.74) is -1.61. The molecule has 1 amide bonds. The molecular formula is C20H21F3N2O4S. The van der Waals surface area contributed by atoms with Crippen molar-refractivity contribution in [3.63, 3.8) is 0 Å². The fraction of sp³-hybridized carbons (Fsp3) is 0.350. The Labute approximate surface area is 172 Å². The van der Waals surface area contributed by atoms with Crippen LogP contribution in [0.4, 0.5) is 18.9 Å². The normalized spacial score (nSPS) is 19.3. The third-order valence-electron chi connectivity index (χ3n) is 5.30. The van der Waals surface area contributed by atoms with Crippen LogP contribution >= 0.6 is 0 Å². The molecule has 1 fully saturated rings. The number of ether oxygens (including phenoxy) is 1. The maximum Gasteiger partial charge on any atom is 0.261 e. The zero-order valence-corrected chi connectivity index (χ0v) is 17.4. The number of nitrogens with zero attached hydrogens (tertiary/aromatic N) is 1. The second-order valence-electron chi connectivity index (χ2n) is 7.42. The van der Waals surface area contributed by atoms with E-state index in [-0.39, 0.29) is 17.9 Å². The van der Waals surface area contributed by atoms with Gasteiger partial charge in [-0.05, 0) is 56.2 Å². The number of rotatable bonds is 5. The lowest BCUT2D eigenvalue weighted by molar-refractivity contribution is 0.101. The number of carbonyl (C=O) groups is 1. The fourth-order valence-electron chi connectivity index (χ4n) is 3.20. The van der Waals surface area contributed by atoms with Gasteiger partial charge >= 0.3 is 0 Å². The van der Waals surface area contributed by atoms with Crippen LogP contribution in [0.25, 0.3) is 0 Å². The first-order valence-corrected chi connectivity index (χ1v) is 10.5. The minimum Gasteiger partial charge on any atom is -0.379 e. The van der Waals surface area contributed by atoms with Gasteiger partial charge in [-0.3, -0.25) is 4.79 Å². The van der Waals surface area contributed by atoms with Crippen molar-refractivity contribution in [2.24, 2.45) is 0 Å². The molecule has 0 aromatic heterocycles.